The van der Waals surface area contributed by atoms with Crippen molar-refractivity contribution in [1.29, 1.82) is 0 Å². The molecule has 0 atom stereocenters. The van der Waals surface area contributed by atoms with E-state index in [0.29, 0.717) is 17.6 Å². The van der Waals surface area contributed by atoms with Gasteiger partial charge in [-0.25, -0.2) is 4.98 Å². The number of benzene rings is 10. The van der Waals surface area contributed by atoms with Gasteiger partial charge in [0.15, 0.2) is 11.6 Å². The van der Waals surface area contributed by atoms with Gasteiger partial charge >= 0.3 is 0 Å². The van der Waals surface area contributed by atoms with Gasteiger partial charge < -0.3 is 4.90 Å². The molecule has 0 bridgehead atoms. The van der Waals surface area contributed by atoms with Crippen LogP contribution in [0.5, 0.6) is 0 Å². The zero-order valence-corrected chi connectivity index (χ0v) is 36.4. The molecule has 1 aliphatic heterocycles. The molecule has 67 heavy (non-hydrogen) atoms. The molecule has 0 N–H and O–H groups in total. The van der Waals surface area contributed by atoms with E-state index in [2.05, 4.69) is 240 Å². The van der Waals surface area contributed by atoms with E-state index in [1.54, 1.807) is 0 Å². The number of fused-ring (bicyclic) bond motifs is 6. The monoisotopic (exact) mass is 855 g/mol. The Morgan fingerprint density at radius 2 is 0.881 bits per heavy atom. The Balaban J connectivity index is 0.934. The van der Waals surface area contributed by atoms with Crippen LogP contribution in [-0.4, -0.2) is 19.5 Å². The van der Waals surface area contributed by atoms with Crippen LogP contribution in [0.1, 0.15) is 22.3 Å². The minimum absolute atomic E-state index is 0.511. The van der Waals surface area contributed by atoms with Crippen LogP contribution in [0.2, 0.25) is 0 Å². The normalized spacial score (nSPS) is 12.9. The van der Waals surface area contributed by atoms with E-state index in [0.717, 1.165) is 71.9 Å². The third-order valence-corrected chi connectivity index (χ3v) is 13.5. The molecule has 0 saturated heterocycles. The van der Waals surface area contributed by atoms with Crippen molar-refractivity contribution >= 4 is 49.6 Å². The molecule has 0 unspecified atom stereocenters. The topological polar surface area (TPSA) is 46.8 Å². The molecule has 10 aromatic carbocycles. The van der Waals surface area contributed by atoms with Gasteiger partial charge in [0.05, 0.1) is 27.8 Å². The van der Waals surface area contributed by atoms with Crippen molar-refractivity contribution in [3.63, 3.8) is 0 Å². The Morgan fingerprint density at radius 1 is 0.343 bits per heavy atom. The molecule has 5 heteroatoms. The molecule has 13 rings (SSSR count). The number of anilines is 3. The van der Waals surface area contributed by atoms with Gasteiger partial charge in [-0.15, -0.1) is 0 Å². The van der Waals surface area contributed by atoms with Gasteiger partial charge in [0.2, 0.25) is 5.95 Å². The average molecular weight is 856 g/mol. The predicted octanol–water partition coefficient (Wildman–Crippen LogP) is 15.3. The third kappa shape index (κ3) is 6.13. The Bertz CT molecular complexity index is 3710. The summed E-state index contributed by atoms with van der Waals surface area (Å²) in [6, 6.07) is 89.0. The highest BCUT2D eigenvalue weighted by molar-refractivity contribution is 6.10. The molecule has 0 amide bonds. The van der Waals surface area contributed by atoms with Gasteiger partial charge in [0.1, 0.15) is 0 Å². The van der Waals surface area contributed by atoms with E-state index in [1.807, 2.05) is 18.2 Å². The Hall–Kier alpha value is -8.93. The van der Waals surface area contributed by atoms with E-state index in [-0.39, 0.29) is 0 Å². The van der Waals surface area contributed by atoms with E-state index >= 15 is 0 Å². The van der Waals surface area contributed by atoms with Gasteiger partial charge in [-0.05, 0) is 86.6 Å². The van der Waals surface area contributed by atoms with Gasteiger partial charge in [-0.3, -0.25) is 4.57 Å². The molecule has 0 aliphatic carbocycles. The van der Waals surface area contributed by atoms with Crippen molar-refractivity contribution in [3.05, 3.63) is 271 Å². The van der Waals surface area contributed by atoms with E-state index in [4.69, 9.17) is 15.0 Å². The molecular formula is C62H41N5. The molecule has 0 radical (unpaired) electrons. The summed E-state index contributed by atoms with van der Waals surface area (Å²) in [6.45, 7) is 0. The largest absolute Gasteiger partial charge is 0.310 e. The molecule has 2 aromatic heterocycles. The first-order valence-corrected chi connectivity index (χ1v) is 22.8. The number of aromatic nitrogens is 4. The fraction of sp³-hybridized carbons (Fsp3) is 0.0161. The van der Waals surface area contributed by atoms with Crippen molar-refractivity contribution in [2.45, 2.75) is 5.41 Å². The second kappa shape index (κ2) is 15.7. The summed E-state index contributed by atoms with van der Waals surface area (Å²) in [5, 5.41) is 4.49. The van der Waals surface area contributed by atoms with Crippen LogP contribution in [0.4, 0.5) is 17.1 Å². The maximum Gasteiger partial charge on any atom is 0.238 e. The first kappa shape index (κ1) is 38.5. The summed E-state index contributed by atoms with van der Waals surface area (Å²) in [5.41, 5.74) is 14.1. The van der Waals surface area contributed by atoms with Crippen LogP contribution in [0.3, 0.4) is 0 Å². The Labute approximate surface area is 388 Å². The lowest BCUT2D eigenvalue weighted by Crippen LogP contribution is -2.37. The predicted molar refractivity (Wildman–Crippen MR) is 275 cm³/mol. The molecule has 3 heterocycles. The highest BCUT2D eigenvalue weighted by atomic mass is 15.2. The summed E-state index contributed by atoms with van der Waals surface area (Å²) in [4.78, 5) is 18.0. The van der Waals surface area contributed by atoms with Crippen LogP contribution in [0.25, 0.3) is 72.4 Å². The van der Waals surface area contributed by atoms with Crippen LogP contribution in [-0.2, 0) is 5.41 Å². The minimum Gasteiger partial charge on any atom is -0.310 e. The van der Waals surface area contributed by atoms with Crippen LogP contribution >= 0.6 is 0 Å². The van der Waals surface area contributed by atoms with Crippen molar-refractivity contribution in [3.8, 4) is 39.9 Å². The van der Waals surface area contributed by atoms with Crippen LogP contribution in [0, 0.1) is 0 Å². The number of nitrogens with zero attached hydrogens (tertiary/aromatic N) is 5. The highest BCUT2D eigenvalue weighted by Gasteiger charge is 2.46. The lowest BCUT2D eigenvalue weighted by Gasteiger charge is -2.46. The maximum atomic E-state index is 5.27. The summed E-state index contributed by atoms with van der Waals surface area (Å²) in [7, 11) is 0. The maximum absolute atomic E-state index is 5.27. The lowest BCUT2D eigenvalue weighted by molar-refractivity contribution is 0.731. The summed E-state index contributed by atoms with van der Waals surface area (Å²) < 4.78 is 2.19. The average Bonchev–Trinajstić information content (AvgIpc) is 3.74. The van der Waals surface area contributed by atoms with Crippen LogP contribution < -0.4 is 4.90 Å². The molecule has 12 aromatic rings. The second-order valence-corrected chi connectivity index (χ2v) is 17.2. The quantitative estimate of drug-likeness (QED) is 0.160. The summed E-state index contributed by atoms with van der Waals surface area (Å²) in [6.07, 6.45) is 0. The van der Waals surface area contributed by atoms with Crippen molar-refractivity contribution < 1.29 is 0 Å². The van der Waals surface area contributed by atoms with Gasteiger partial charge in [-0.2, -0.15) is 9.97 Å². The molecule has 314 valence electrons. The number of hydrogen-bond acceptors (Lipinski definition) is 4. The van der Waals surface area contributed by atoms with E-state index in [9.17, 15) is 0 Å². The molecule has 0 fully saturated rings. The highest BCUT2D eigenvalue weighted by Crippen LogP contribution is 2.57. The molecule has 5 nitrogen and oxygen atoms in total. The fourth-order valence-electron chi connectivity index (χ4n) is 10.6. The van der Waals surface area contributed by atoms with Crippen molar-refractivity contribution in [2.24, 2.45) is 0 Å². The summed E-state index contributed by atoms with van der Waals surface area (Å²) in [5.74, 6) is 1.83. The Kier molecular flexibility index (Phi) is 9.00. The number of para-hydroxylation sites is 3. The van der Waals surface area contributed by atoms with Crippen molar-refractivity contribution in [2.75, 3.05) is 4.90 Å². The number of rotatable bonds is 7. The summed E-state index contributed by atoms with van der Waals surface area (Å²) >= 11 is 0. The number of hydrogen-bond donors (Lipinski definition) is 0. The SMILES string of the molecule is c1ccc(-c2nc(-c3cccc4ccccc34)nc(-n3c4ccccc4c4cc(-c5ccc(N6c7ccccc7C(c7ccccc7)(c7ccccc7)c7ccccc76)cc5)ccc43)n2)cc1. The second-order valence-electron chi connectivity index (χ2n) is 17.2. The van der Waals surface area contributed by atoms with Gasteiger partial charge in [0, 0.05) is 27.6 Å². The van der Waals surface area contributed by atoms with Gasteiger partial charge in [0.25, 0.3) is 0 Å². The fourth-order valence-corrected chi connectivity index (χ4v) is 10.6. The third-order valence-electron chi connectivity index (χ3n) is 13.5. The standard InChI is InChI=1S/C62H41N5/c1-4-20-44(21-5-1)59-63-60(51-29-18-22-43-19-10-11-27-49(43)51)65-61(64-59)67-55-32-15-12-28-50(55)52-41-45(37-40-56(52)67)42-35-38-48(39-36-42)66-57-33-16-13-30-53(57)62(46-23-6-2-7-24-46,47-25-8-3-9-26-47)54-31-14-17-34-58(54)66/h1-41H. The Morgan fingerprint density at radius 3 is 1.58 bits per heavy atom. The van der Waals surface area contributed by atoms with Gasteiger partial charge in [-0.1, -0.05) is 206 Å². The lowest BCUT2D eigenvalue weighted by atomic mass is 9.62. The molecule has 0 spiro atoms. The first-order valence-electron chi connectivity index (χ1n) is 22.8. The zero-order valence-electron chi connectivity index (χ0n) is 36.4. The van der Waals surface area contributed by atoms with Crippen LogP contribution in [0.15, 0.2) is 249 Å². The first-order chi connectivity index (χ1) is 33.2. The molecule has 1 aliphatic rings. The minimum atomic E-state index is -0.511. The molecular weight excluding hydrogens is 815 g/mol. The zero-order chi connectivity index (χ0) is 44.3. The van der Waals surface area contributed by atoms with E-state index in [1.165, 1.54) is 22.3 Å². The van der Waals surface area contributed by atoms with E-state index < -0.39 is 5.41 Å². The molecule has 0 saturated carbocycles. The smallest absolute Gasteiger partial charge is 0.238 e. The van der Waals surface area contributed by atoms with Crippen molar-refractivity contribution in [1.82, 2.24) is 19.5 Å².